The Morgan fingerprint density at radius 2 is 1.73 bits per heavy atom. The zero-order valence-electron chi connectivity index (χ0n) is 25.9. The van der Waals surface area contributed by atoms with Crippen molar-refractivity contribution < 1.29 is 28.7 Å². The number of alkyl carbamates (subject to hydrolysis) is 1. The van der Waals surface area contributed by atoms with Crippen LogP contribution in [0.5, 0.6) is 0 Å². The van der Waals surface area contributed by atoms with Crippen molar-refractivity contribution in [2.45, 2.75) is 98.4 Å². The number of fused-ring (bicyclic) bond motifs is 1. The third kappa shape index (κ3) is 7.38. The van der Waals surface area contributed by atoms with Crippen molar-refractivity contribution in [1.82, 2.24) is 20.4 Å². The van der Waals surface area contributed by atoms with Crippen molar-refractivity contribution in [3.8, 4) is 0 Å². The van der Waals surface area contributed by atoms with Gasteiger partial charge in [0.05, 0.1) is 6.04 Å². The van der Waals surface area contributed by atoms with Crippen LogP contribution in [0.2, 0.25) is 0 Å². The van der Waals surface area contributed by atoms with Crippen molar-refractivity contribution in [3.63, 3.8) is 0 Å². The molecule has 10 heteroatoms. The highest BCUT2D eigenvalue weighted by molar-refractivity contribution is 6.38. The van der Waals surface area contributed by atoms with Crippen LogP contribution in [0.25, 0.3) is 0 Å². The highest BCUT2D eigenvalue weighted by atomic mass is 16.6. The minimum Gasteiger partial charge on any atom is -0.444 e. The van der Waals surface area contributed by atoms with Crippen LogP contribution in [0.4, 0.5) is 4.79 Å². The zero-order valence-corrected chi connectivity index (χ0v) is 25.9. The van der Waals surface area contributed by atoms with Gasteiger partial charge in [0, 0.05) is 19.6 Å². The molecule has 1 aliphatic carbocycles. The molecule has 2 aliphatic heterocycles. The maximum atomic E-state index is 14.0. The van der Waals surface area contributed by atoms with Crippen LogP contribution < -0.4 is 10.6 Å². The standard InChI is InChI=1S/C31H48N4O6/c1-10-11-15-20(23(36)26(38)34-16-13-12-14-17-34)32-25(37)22-21-19(31(21,8)9)18-35(22)27(39)24(29(2,3)4)33-28(40)41-30(5,6)7/h10,12-13,19-22,24H,1,11,14-18H2,2-9H3,(H,32,37)(H,33,40)/t19-,20?,21-,22-,24+/m0/s1. The summed E-state index contributed by atoms with van der Waals surface area (Å²) in [4.78, 5) is 69.9. The van der Waals surface area contributed by atoms with Gasteiger partial charge in [-0.3, -0.25) is 19.2 Å². The summed E-state index contributed by atoms with van der Waals surface area (Å²) in [5.41, 5.74) is -1.58. The molecule has 1 saturated carbocycles. The van der Waals surface area contributed by atoms with Crippen LogP contribution in [0.1, 0.15) is 74.7 Å². The Morgan fingerprint density at radius 3 is 2.27 bits per heavy atom. The molecule has 0 spiro atoms. The molecule has 10 nitrogen and oxygen atoms in total. The van der Waals surface area contributed by atoms with Crippen LogP contribution >= 0.6 is 0 Å². The van der Waals surface area contributed by atoms with E-state index in [2.05, 4.69) is 31.1 Å². The fraction of sp³-hybridized carbons (Fsp3) is 0.710. The Hall–Kier alpha value is -3.17. The van der Waals surface area contributed by atoms with Gasteiger partial charge in [-0.2, -0.15) is 0 Å². The number of nitrogens with one attached hydrogen (secondary N) is 2. The van der Waals surface area contributed by atoms with Gasteiger partial charge in [-0.05, 0) is 62.7 Å². The van der Waals surface area contributed by atoms with Gasteiger partial charge in [-0.15, -0.1) is 6.58 Å². The van der Waals surface area contributed by atoms with Gasteiger partial charge in [0.1, 0.15) is 17.7 Å². The summed E-state index contributed by atoms with van der Waals surface area (Å²) in [6.45, 7) is 19.8. The molecule has 1 saturated heterocycles. The quantitative estimate of drug-likeness (QED) is 0.323. The second-order valence-corrected chi connectivity index (χ2v) is 14.1. The lowest BCUT2D eigenvalue weighted by Crippen LogP contribution is -2.61. The first-order valence-corrected chi connectivity index (χ1v) is 14.6. The minimum atomic E-state index is -1.03. The van der Waals surface area contributed by atoms with Crippen molar-refractivity contribution in [1.29, 1.82) is 0 Å². The van der Waals surface area contributed by atoms with E-state index < -0.39 is 52.8 Å². The largest absolute Gasteiger partial charge is 0.444 e. The van der Waals surface area contributed by atoms with E-state index >= 15 is 0 Å². The first kappa shape index (κ1) is 32.3. The van der Waals surface area contributed by atoms with Gasteiger partial charge >= 0.3 is 6.09 Å². The number of hydrogen-bond donors (Lipinski definition) is 2. The predicted octanol–water partition coefficient (Wildman–Crippen LogP) is 3.22. The van der Waals surface area contributed by atoms with E-state index in [1.807, 2.05) is 32.9 Å². The van der Waals surface area contributed by atoms with Gasteiger partial charge in [-0.1, -0.05) is 52.8 Å². The van der Waals surface area contributed by atoms with Crippen molar-refractivity contribution in [3.05, 3.63) is 24.8 Å². The molecule has 3 aliphatic rings. The van der Waals surface area contributed by atoms with Crippen molar-refractivity contribution >= 4 is 29.6 Å². The first-order chi connectivity index (χ1) is 18.9. The number of hydrogen-bond acceptors (Lipinski definition) is 6. The molecule has 0 aromatic carbocycles. The van der Waals surface area contributed by atoms with Crippen LogP contribution in [-0.2, 0) is 23.9 Å². The SMILES string of the molecule is C=CCCC(NC(=O)[C@@H]1[C@@H]2[C@H](CN1C(=O)[C@@H](NC(=O)OC(C)(C)C)C(C)(C)C)C2(C)C)C(=O)C(=O)N1CC=CCC1. The van der Waals surface area contributed by atoms with E-state index in [4.69, 9.17) is 4.74 Å². The maximum Gasteiger partial charge on any atom is 0.408 e. The second-order valence-electron chi connectivity index (χ2n) is 14.1. The summed E-state index contributed by atoms with van der Waals surface area (Å²) in [5.74, 6) is -2.13. The third-order valence-corrected chi connectivity index (χ3v) is 8.38. The van der Waals surface area contributed by atoms with Crippen molar-refractivity contribution in [2.75, 3.05) is 19.6 Å². The smallest absolute Gasteiger partial charge is 0.408 e. The molecular formula is C31H48N4O6. The molecule has 41 heavy (non-hydrogen) atoms. The number of carbonyl (C=O) groups is 5. The van der Waals surface area contributed by atoms with Crippen LogP contribution in [0, 0.1) is 22.7 Å². The fourth-order valence-electron chi connectivity index (χ4n) is 5.99. The molecule has 0 radical (unpaired) electrons. The van der Waals surface area contributed by atoms with Crippen LogP contribution in [0.3, 0.4) is 0 Å². The molecule has 4 amide bonds. The molecule has 0 aromatic heterocycles. The van der Waals surface area contributed by atoms with Gasteiger partial charge in [0.25, 0.3) is 5.91 Å². The van der Waals surface area contributed by atoms with Crippen LogP contribution in [-0.4, -0.2) is 82.8 Å². The normalized spacial score (nSPS) is 24.5. The Morgan fingerprint density at radius 1 is 1.07 bits per heavy atom. The molecule has 228 valence electrons. The number of rotatable bonds is 9. The van der Waals surface area contributed by atoms with Gasteiger partial charge in [0.15, 0.2) is 0 Å². The monoisotopic (exact) mass is 572 g/mol. The number of nitrogens with zero attached hydrogens (tertiary/aromatic N) is 2. The molecule has 2 N–H and O–H groups in total. The number of carbonyl (C=O) groups excluding carboxylic acids is 5. The molecule has 0 bridgehead atoms. The average molecular weight is 573 g/mol. The summed E-state index contributed by atoms with van der Waals surface area (Å²) >= 11 is 0. The maximum absolute atomic E-state index is 14.0. The van der Waals surface area contributed by atoms with E-state index in [1.54, 1.807) is 26.8 Å². The zero-order chi connectivity index (χ0) is 30.9. The van der Waals surface area contributed by atoms with Gasteiger partial charge < -0.3 is 25.2 Å². The lowest BCUT2D eigenvalue weighted by Gasteiger charge is -2.38. The molecule has 1 unspecified atom stereocenters. The van der Waals surface area contributed by atoms with E-state index in [9.17, 15) is 24.0 Å². The van der Waals surface area contributed by atoms with E-state index in [1.165, 1.54) is 9.80 Å². The molecule has 3 rings (SSSR count). The van der Waals surface area contributed by atoms with E-state index in [-0.39, 0.29) is 29.6 Å². The number of ether oxygens (including phenoxy) is 1. The summed E-state index contributed by atoms with van der Waals surface area (Å²) in [5, 5.41) is 5.57. The number of piperidine rings is 1. The molecule has 2 fully saturated rings. The van der Waals surface area contributed by atoms with Crippen molar-refractivity contribution in [2.24, 2.45) is 22.7 Å². The number of amides is 4. The molecule has 2 heterocycles. The number of likely N-dealkylation sites (tertiary alicyclic amines) is 1. The first-order valence-electron chi connectivity index (χ1n) is 14.6. The Labute approximate surface area is 244 Å². The summed E-state index contributed by atoms with van der Waals surface area (Å²) in [6.07, 6.45) is 6.08. The van der Waals surface area contributed by atoms with E-state index in [0.717, 1.165) is 0 Å². The summed E-state index contributed by atoms with van der Waals surface area (Å²) < 4.78 is 5.42. The summed E-state index contributed by atoms with van der Waals surface area (Å²) in [6, 6.07) is -2.81. The predicted molar refractivity (Wildman–Crippen MR) is 156 cm³/mol. The number of allylic oxidation sites excluding steroid dienone is 1. The Kier molecular flexibility index (Phi) is 9.45. The fourth-order valence-corrected chi connectivity index (χ4v) is 5.99. The second kappa shape index (κ2) is 12.0. The topological polar surface area (TPSA) is 125 Å². The number of ketones is 1. The lowest BCUT2D eigenvalue weighted by atomic mass is 9.85. The molecular weight excluding hydrogens is 524 g/mol. The molecule has 0 aromatic rings. The van der Waals surface area contributed by atoms with Gasteiger partial charge in [-0.25, -0.2) is 4.79 Å². The molecule has 5 atom stereocenters. The van der Waals surface area contributed by atoms with Crippen LogP contribution in [0.15, 0.2) is 24.8 Å². The minimum absolute atomic E-state index is 0.105. The summed E-state index contributed by atoms with van der Waals surface area (Å²) in [7, 11) is 0. The Bertz CT molecular complexity index is 1100. The lowest BCUT2D eigenvalue weighted by molar-refractivity contribution is -0.147. The third-order valence-electron chi connectivity index (χ3n) is 8.38. The highest BCUT2D eigenvalue weighted by Crippen LogP contribution is 2.65. The van der Waals surface area contributed by atoms with E-state index in [0.29, 0.717) is 32.5 Å². The Balaban J connectivity index is 1.84. The highest BCUT2D eigenvalue weighted by Gasteiger charge is 2.70. The van der Waals surface area contributed by atoms with Gasteiger partial charge in [0.2, 0.25) is 17.6 Å². The average Bonchev–Trinajstić information content (AvgIpc) is 3.20. The number of Topliss-reactive ketones (excluding diaryl/α,β-unsaturated/α-hetero) is 1.